The van der Waals surface area contributed by atoms with Crippen LogP contribution in [0.1, 0.15) is 47.0 Å². The molecule has 0 aromatic heterocycles. The highest BCUT2D eigenvalue weighted by Gasteiger charge is 2.57. The van der Waals surface area contributed by atoms with Gasteiger partial charge in [-0.15, -0.1) is 0 Å². The van der Waals surface area contributed by atoms with Crippen molar-refractivity contribution in [3.8, 4) is 0 Å². The van der Waals surface area contributed by atoms with Crippen LogP contribution in [0, 0.1) is 29.1 Å². The average Bonchev–Trinajstić information content (AvgIpc) is 3.35. The predicted molar refractivity (Wildman–Crippen MR) is 101 cm³/mol. The van der Waals surface area contributed by atoms with E-state index in [1.807, 2.05) is 0 Å². The van der Waals surface area contributed by atoms with Gasteiger partial charge in [-0.05, 0) is 62.2 Å². The summed E-state index contributed by atoms with van der Waals surface area (Å²) in [5, 5.41) is 0. The third-order valence-corrected chi connectivity index (χ3v) is 7.41. The Kier molecular flexibility index (Phi) is 4.73. The van der Waals surface area contributed by atoms with Crippen LogP contribution in [0.5, 0.6) is 0 Å². The molecule has 2 heterocycles. The van der Waals surface area contributed by atoms with Crippen molar-refractivity contribution in [2.45, 2.75) is 53.0 Å². The molecule has 0 radical (unpaired) electrons. The Balaban J connectivity index is 1.17. The van der Waals surface area contributed by atoms with Gasteiger partial charge in [0.1, 0.15) is 0 Å². The van der Waals surface area contributed by atoms with Gasteiger partial charge in [-0.1, -0.05) is 13.8 Å². The van der Waals surface area contributed by atoms with Crippen LogP contribution in [0.15, 0.2) is 0 Å². The summed E-state index contributed by atoms with van der Waals surface area (Å²) in [4.78, 5) is 8.22. The van der Waals surface area contributed by atoms with Gasteiger partial charge in [0.2, 0.25) is 0 Å². The van der Waals surface area contributed by atoms with Crippen molar-refractivity contribution in [1.29, 1.82) is 0 Å². The van der Waals surface area contributed by atoms with Crippen LogP contribution < -0.4 is 0 Å². The highest BCUT2D eigenvalue weighted by atomic mass is 15.3. The molecule has 0 amide bonds. The lowest BCUT2D eigenvalue weighted by molar-refractivity contribution is 0.0995. The Bertz CT molecular complexity index is 422. The van der Waals surface area contributed by atoms with E-state index in [0.29, 0.717) is 0 Å². The second kappa shape index (κ2) is 6.55. The van der Waals surface area contributed by atoms with Gasteiger partial charge in [-0.2, -0.15) is 0 Å². The first-order valence-corrected chi connectivity index (χ1v) is 10.6. The summed E-state index contributed by atoms with van der Waals surface area (Å²) in [5.41, 5.74) is 0.730. The Hall–Kier alpha value is -0.120. The van der Waals surface area contributed by atoms with Gasteiger partial charge in [0.05, 0.1) is 0 Å². The zero-order valence-corrected chi connectivity index (χ0v) is 16.5. The Morgan fingerprint density at radius 1 is 0.875 bits per heavy atom. The maximum Gasteiger partial charge on any atom is 0.0113 e. The molecule has 3 heteroatoms. The van der Waals surface area contributed by atoms with E-state index in [4.69, 9.17) is 0 Å². The van der Waals surface area contributed by atoms with Gasteiger partial charge in [0.15, 0.2) is 0 Å². The van der Waals surface area contributed by atoms with E-state index < -0.39 is 0 Å². The fourth-order valence-corrected chi connectivity index (χ4v) is 5.84. The standard InChI is InChI=1S/C21H39N3/c1-16(2)11-21(5-6-21)15-23-13-19-18(20(19)14-23)12-22-7-9-24(10-8-22)17(3)4/h16-20H,5-15H2,1-4H3/t18?,19-,20+. The minimum absolute atomic E-state index is 0.724. The average molecular weight is 334 g/mol. The van der Waals surface area contributed by atoms with Crippen LogP contribution in [-0.4, -0.2) is 73.1 Å². The molecule has 4 rings (SSSR count). The van der Waals surface area contributed by atoms with Gasteiger partial charge in [-0.3, -0.25) is 4.90 Å². The molecule has 4 fully saturated rings. The number of likely N-dealkylation sites (tertiary alicyclic amines) is 1. The molecule has 0 aromatic rings. The Morgan fingerprint density at radius 3 is 2.00 bits per heavy atom. The van der Waals surface area contributed by atoms with Crippen molar-refractivity contribution in [2.75, 3.05) is 52.4 Å². The Labute approximate surface area is 149 Å². The van der Waals surface area contributed by atoms with Gasteiger partial charge in [0.25, 0.3) is 0 Å². The Morgan fingerprint density at radius 2 is 1.50 bits per heavy atom. The predicted octanol–water partition coefficient (Wildman–Crippen LogP) is 3.02. The van der Waals surface area contributed by atoms with Crippen molar-refractivity contribution in [2.24, 2.45) is 29.1 Å². The number of hydrogen-bond donors (Lipinski definition) is 0. The van der Waals surface area contributed by atoms with Gasteiger partial charge < -0.3 is 9.80 Å². The molecule has 2 saturated heterocycles. The quantitative estimate of drug-likeness (QED) is 0.709. The summed E-state index contributed by atoms with van der Waals surface area (Å²) in [6.45, 7) is 20.3. The van der Waals surface area contributed by atoms with Crippen molar-refractivity contribution in [1.82, 2.24) is 14.7 Å². The van der Waals surface area contributed by atoms with Crippen LogP contribution in [0.4, 0.5) is 0 Å². The van der Waals surface area contributed by atoms with Crippen molar-refractivity contribution in [3.63, 3.8) is 0 Å². The molecular formula is C21H39N3. The number of piperidine rings is 1. The van der Waals surface area contributed by atoms with E-state index >= 15 is 0 Å². The third kappa shape index (κ3) is 3.68. The molecule has 2 aliphatic heterocycles. The minimum atomic E-state index is 0.724. The van der Waals surface area contributed by atoms with E-state index in [1.165, 1.54) is 71.6 Å². The van der Waals surface area contributed by atoms with E-state index in [1.54, 1.807) is 0 Å². The maximum atomic E-state index is 2.83. The molecule has 2 aliphatic carbocycles. The highest BCUT2D eigenvalue weighted by Crippen LogP contribution is 2.56. The number of fused-ring (bicyclic) bond motifs is 1. The van der Waals surface area contributed by atoms with E-state index in [0.717, 1.165) is 35.1 Å². The summed E-state index contributed by atoms with van der Waals surface area (Å²) < 4.78 is 0. The highest BCUT2D eigenvalue weighted by molar-refractivity contribution is 5.08. The normalized spacial score (nSPS) is 36.5. The van der Waals surface area contributed by atoms with Crippen molar-refractivity contribution in [3.05, 3.63) is 0 Å². The molecule has 24 heavy (non-hydrogen) atoms. The fraction of sp³-hybridized carbons (Fsp3) is 1.00. The number of nitrogens with zero attached hydrogens (tertiary/aromatic N) is 3. The second-order valence-corrected chi connectivity index (χ2v) is 10.2. The lowest BCUT2D eigenvalue weighted by Crippen LogP contribution is -2.49. The van der Waals surface area contributed by atoms with Crippen LogP contribution in [-0.2, 0) is 0 Å². The van der Waals surface area contributed by atoms with E-state index in [-0.39, 0.29) is 0 Å². The molecule has 0 bridgehead atoms. The topological polar surface area (TPSA) is 9.72 Å². The zero-order chi connectivity index (χ0) is 16.9. The number of piperazine rings is 1. The monoisotopic (exact) mass is 333 g/mol. The molecule has 3 nitrogen and oxygen atoms in total. The van der Waals surface area contributed by atoms with Crippen LogP contribution in [0.3, 0.4) is 0 Å². The van der Waals surface area contributed by atoms with Gasteiger partial charge in [-0.25, -0.2) is 0 Å². The molecule has 0 N–H and O–H groups in total. The molecule has 1 unspecified atom stereocenters. The fourth-order valence-electron chi connectivity index (χ4n) is 5.84. The molecule has 3 atom stereocenters. The molecule has 0 aromatic carbocycles. The summed E-state index contributed by atoms with van der Waals surface area (Å²) in [7, 11) is 0. The largest absolute Gasteiger partial charge is 0.302 e. The minimum Gasteiger partial charge on any atom is -0.302 e. The zero-order valence-electron chi connectivity index (χ0n) is 16.5. The first kappa shape index (κ1) is 17.3. The second-order valence-electron chi connectivity index (χ2n) is 10.2. The third-order valence-electron chi connectivity index (χ3n) is 7.41. The lowest BCUT2D eigenvalue weighted by atomic mass is 9.93. The summed E-state index contributed by atoms with van der Waals surface area (Å²) in [5.74, 6) is 4.00. The van der Waals surface area contributed by atoms with Crippen LogP contribution >= 0.6 is 0 Å². The molecule has 2 saturated carbocycles. The molecule has 138 valence electrons. The lowest BCUT2D eigenvalue weighted by Gasteiger charge is -2.37. The van der Waals surface area contributed by atoms with Gasteiger partial charge in [0, 0.05) is 58.4 Å². The van der Waals surface area contributed by atoms with Crippen LogP contribution in [0.2, 0.25) is 0 Å². The number of hydrogen-bond acceptors (Lipinski definition) is 3. The first-order valence-electron chi connectivity index (χ1n) is 10.6. The summed E-state index contributed by atoms with van der Waals surface area (Å²) >= 11 is 0. The smallest absolute Gasteiger partial charge is 0.0113 e. The van der Waals surface area contributed by atoms with E-state index in [2.05, 4.69) is 42.4 Å². The van der Waals surface area contributed by atoms with Crippen LogP contribution in [0.25, 0.3) is 0 Å². The molecule has 4 aliphatic rings. The SMILES string of the molecule is CC(C)CC1(CN2C[C@@H]3C(CN4CCN(C(C)C)CC4)[C@@H]3C2)CC1. The van der Waals surface area contributed by atoms with Crippen molar-refractivity contribution < 1.29 is 0 Å². The summed E-state index contributed by atoms with van der Waals surface area (Å²) in [6, 6.07) is 0.724. The molecule has 0 spiro atoms. The number of rotatable bonds is 7. The summed E-state index contributed by atoms with van der Waals surface area (Å²) in [6.07, 6.45) is 4.46. The first-order chi connectivity index (χ1) is 11.5. The maximum absolute atomic E-state index is 2.83. The van der Waals surface area contributed by atoms with E-state index in [9.17, 15) is 0 Å². The van der Waals surface area contributed by atoms with Crippen molar-refractivity contribution >= 4 is 0 Å². The molecular weight excluding hydrogens is 294 g/mol. The van der Waals surface area contributed by atoms with Gasteiger partial charge >= 0.3 is 0 Å².